The number of nitrogens with zero attached hydrogens (tertiary/aromatic N) is 1. The van der Waals surface area contributed by atoms with Crippen LogP contribution in [0, 0.1) is 11.3 Å². The van der Waals surface area contributed by atoms with Gasteiger partial charge in [-0.05, 0) is 31.4 Å². The Morgan fingerprint density at radius 1 is 1.28 bits per heavy atom. The van der Waals surface area contributed by atoms with E-state index in [0.29, 0.717) is 6.42 Å². The fraction of sp³-hybridized carbons (Fsp3) is 0.357. The first kappa shape index (κ1) is 14.5. The van der Waals surface area contributed by atoms with Crippen LogP contribution in [0.15, 0.2) is 47.9 Å². The predicted molar refractivity (Wildman–Crippen MR) is 71.7 cm³/mol. The lowest BCUT2D eigenvalue weighted by atomic mass is 10.1. The molecule has 18 heavy (non-hydrogen) atoms. The monoisotopic (exact) mass is 263 g/mol. The summed E-state index contributed by atoms with van der Waals surface area (Å²) in [5.74, 6) is 0. The van der Waals surface area contributed by atoms with Crippen molar-refractivity contribution in [1.82, 2.24) is 0 Å². The molecule has 4 heteroatoms. The SMILES string of the molecule is C=CCCCCC(C#N)S(=O)(=O)c1ccccc1. The Bertz CT molecular complexity index is 514. The zero-order valence-electron chi connectivity index (χ0n) is 10.2. The zero-order valence-corrected chi connectivity index (χ0v) is 11.1. The van der Waals surface area contributed by atoms with E-state index in [4.69, 9.17) is 5.26 Å². The van der Waals surface area contributed by atoms with Gasteiger partial charge in [0.15, 0.2) is 15.1 Å². The number of sulfone groups is 1. The van der Waals surface area contributed by atoms with Gasteiger partial charge in [0.25, 0.3) is 0 Å². The van der Waals surface area contributed by atoms with Crippen LogP contribution in [0.4, 0.5) is 0 Å². The van der Waals surface area contributed by atoms with Gasteiger partial charge in [-0.2, -0.15) is 5.26 Å². The molecule has 0 amide bonds. The van der Waals surface area contributed by atoms with Gasteiger partial charge in [-0.1, -0.05) is 30.7 Å². The molecule has 0 radical (unpaired) electrons. The van der Waals surface area contributed by atoms with Crippen LogP contribution >= 0.6 is 0 Å². The van der Waals surface area contributed by atoms with Gasteiger partial charge in [-0.15, -0.1) is 6.58 Å². The second-order valence-corrected chi connectivity index (χ2v) is 6.18. The van der Waals surface area contributed by atoms with E-state index in [1.165, 1.54) is 12.1 Å². The first-order valence-corrected chi connectivity index (χ1v) is 7.47. The molecule has 3 nitrogen and oxygen atoms in total. The molecule has 96 valence electrons. The summed E-state index contributed by atoms with van der Waals surface area (Å²) in [5, 5.41) is 8.08. The molecule has 0 saturated carbocycles. The summed E-state index contributed by atoms with van der Waals surface area (Å²) in [4.78, 5) is 0.222. The predicted octanol–water partition coefficient (Wildman–Crippen LogP) is 3.10. The molecule has 0 fully saturated rings. The highest BCUT2D eigenvalue weighted by molar-refractivity contribution is 7.92. The molecule has 0 N–H and O–H groups in total. The highest BCUT2D eigenvalue weighted by Gasteiger charge is 2.26. The topological polar surface area (TPSA) is 57.9 Å². The lowest BCUT2D eigenvalue weighted by Crippen LogP contribution is -2.19. The first-order valence-electron chi connectivity index (χ1n) is 5.92. The quantitative estimate of drug-likeness (QED) is 0.561. The molecule has 0 heterocycles. The third kappa shape index (κ3) is 3.71. The van der Waals surface area contributed by atoms with Crippen LogP contribution in [0.5, 0.6) is 0 Å². The number of nitriles is 1. The summed E-state index contributed by atoms with van der Waals surface area (Å²) in [6, 6.07) is 10.1. The maximum absolute atomic E-state index is 12.2. The van der Waals surface area contributed by atoms with Crippen LogP contribution in [0.1, 0.15) is 25.7 Å². The van der Waals surface area contributed by atoms with E-state index in [1.54, 1.807) is 24.3 Å². The number of hydrogen-bond acceptors (Lipinski definition) is 3. The van der Waals surface area contributed by atoms with Gasteiger partial charge >= 0.3 is 0 Å². The molecule has 1 aromatic rings. The van der Waals surface area contributed by atoms with Gasteiger partial charge in [0.2, 0.25) is 0 Å². The highest BCUT2D eigenvalue weighted by Crippen LogP contribution is 2.19. The number of unbranched alkanes of at least 4 members (excludes halogenated alkanes) is 2. The Hall–Kier alpha value is -1.60. The van der Waals surface area contributed by atoms with Crippen molar-refractivity contribution in [3.63, 3.8) is 0 Å². The van der Waals surface area contributed by atoms with Crippen LogP contribution < -0.4 is 0 Å². The van der Waals surface area contributed by atoms with Crippen LogP contribution in [0.2, 0.25) is 0 Å². The van der Waals surface area contributed by atoms with E-state index in [0.717, 1.165) is 19.3 Å². The zero-order chi connectivity index (χ0) is 13.4. The second-order valence-electron chi connectivity index (χ2n) is 4.05. The summed E-state index contributed by atoms with van der Waals surface area (Å²) in [6.45, 7) is 3.61. The normalized spacial score (nSPS) is 12.6. The fourth-order valence-corrected chi connectivity index (χ4v) is 3.16. The summed E-state index contributed by atoms with van der Waals surface area (Å²) in [7, 11) is -3.53. The van der Waals surface area contributed by atoms with Gasteiger partial charge in [-0.25, -0.2) is 8.42 Å². The van der Waals surface area contributed by atoms with E-state index in [9.17, 15) is 8.42 Å². The molecule has 0 saturated heterocycles. The van der Waals surface area contributed by atoms with Crippen molar-refractivity contribution in [2.24, 2.45) is 0 Å². The third-order valence-electron chi connectivity index (χ3n) is 2.71. The molecule has 0 aromatic heterocycles. The molecule has 1 atom stereocenters. The number of benzene rings is 1. The Morgan fingerprint density at radius 2 is 1.94 bits per heavy atom. The minimum absolute atomic E-state index is 0.222. The highest BCUT2D eigenvalue weighted by atomic mass is 32.2. The molecule has 0 aliphatic heterocycles. The molecule has 0 bridgehead atoms. The van der Waals surface area contributed by atoms with E-state index >= 15 is 0 Å². The lowest BCUT2D eigenvalue weighted by Gasteiger charge is -2.10. The number of rotatable bonds is 7. The molecule has 1 unspecified atom stereocenters. The van der Waals surface area contributed by atoms with Crippen LogP contribution in [-0.2, 0) is 9.84 Å². The Labute approximate surface area is 109 Å². The van der Waals surface area contributed by atoms with Crippen molar-refractivity contribution in [3.8, 4) is 6.07 Å². The maximum atomic E-state index is 12.2. The number of hydrogen-bond donors (Lipinski definition) is 0. The van der Waals surface area contributed by atoms with Crippen LogP contribution in [0.25, 0.3) is 0 Å². The fourth-order valence-electron chi connectivity index (χ4n) is 1.68. The van der Waals surface area contributed by atoms with Crippen molar-refractivity contribution < 1.29 is 8.42 Å². The summed E-state index contributed by atoms with van der Waals surface area (Å²) >= 11 is 0. The third-order valence-corrected chi connectivity index (χ3v) is 4.73. The summed E-state index contributed by atoms with van der Waals surface area (Å²) < 4.78 is 24.4. The van der Waals surface area contributed by atoms with Crippen LogP contribution in [0.3, 0.4) is 0 Å². The standard InChI is InChI=1S/C14H17NO2S/c1-2-3-4-6-11-14(12-15)18(16,17)13-9-7-5-8-10-13/h2,5,7-10,14H,1,3-4,6,11H2. The second kappa shape index (κ2) is 6.97. The van der Waals surface area contributed by atoms with Crippen molar-refractivity contribution >= 4 is 9.84 Å². The van der Waals surface area contributed by atoms with Gasteiger partial charge in [0.05, 0.1) is 11.0 Å². The minimum Gasteiger partial charge on any atom is -0.222 e. The van der Waals surface area contributed by atoms with E-state index in [-0.39, 0.29) is 4.90 Å². The average molecular weight is 263 g/mol. The van der Waals surface area contributed by atoms with Crippen molar-refractivity contribution in [2.75, 3.05) is 0 Å². The largest absolute Gasteiger partial charge is 0.222 e. The van der Waals surface area contributed by atoms with Gasteiger partial charge in [0.1, 0.15) is 0 Å². The van der Waals surface area contributed by atoms with E-state index in [2.05, 4.69) is 6.58 Å². The van der Waals surface area contributed by atoms with E-state index in [1.807, 2.05) is 6.07 Å². The first-order chi connectivity index (χ1) is 8.62. The van der Waals surface area contributed by atoms with Gasteiger partial charge < -0.3 is 0 Å². The van der Waals surface area contributed by atoms with Crippen molar-refractivity contribution in [3.05, 3.63) is 43.0 Å². The smallest absolute Gasteiger partial charge is 0.194 e. The van der Waals surface area contributed by atoms with Crippen molar-refractivity contribution in [2.45, 2.75) is 35.8 Å². The van der Waals surface area contributed by atoms with Crippen molar-refractivity contribution in [1.29, 1.82) is 5.26 Å². The van der Waals surface area contributed by atoms with Crippen LogP contribution in [-0.4, -0.2) is 13.7 Å². The molecular weight excluding hydrogens is 246 g/mol. The molecule has 0 spiro atoms. The van der Waals surface area contributed by atoms with E-state index < -0.39 is 15.1 Å². The average Bonchev–Trinajstić information content (AvgIpc) is 2.39. The molecular formula is C14H17NO2S. The summed E-state index contributed by atoms with van der Waals surface area (Å²) in [6.07, 6.45) is 4.61. The summed E-state index contributed by atoms with van der Waals surface area (Å²) in [5.41, 5.74) is 0. The maximum Gasteiger partial charge on any atom is 0.194 e. The minimum atomic E-state index is -3.53. The van der Waals surface area contributed by atoms with Gasteiger partial charge in [0, 0.05) is 0 Å². The Balaban J connectivity index is 2.76. The Morgan fingerprint density at radius 3 is 2.50 bits per heavy atom. The molecule has 0 aliphatic carbocycles. The molecule has 0 aliphatic rings. The van der Waals surface area contributed by atoms with Gasteiger partial charge in [-0.3, -0.25) is 0 Å². The number of allylic oxidation sites excluding steroid dienone is 1. The molecule has 1 rings (SSSR count). The lowest BCUT2D eigenvalue weighted by molar-refractivity contribution is 0.579. The molecule has 1 aromatic carbocycles. The Kier molecular flexibility index (Phi) is 5.60.